The molecule has 4 nitrogen and oxygen atoms in total. The molecule has 2 heterocycles. The first-order chi connectivity index (χ1) is 8.31. The maximum atomic E-state index is 5.51. The molecule has 0 radical (unpaired) electrons. The van der Waals surface area contributed by atoms with Crippen LogP contribution in [0.4, 0.5) is 0 Å². The summed E-state index contributed by atoms with van der Waals surface area (Å²) < 4.78 is 7.60. The average molecular weight is 237 g/mol. The average Bonchev–Trinajstić information content (AvgIpc) is 2.73. The van der Waals surface area contributed by atoms with Crippen molar-refractivity contribution in [1.29, 1.82) is 0 Å². The number of hydrogen-bond acceptors (Lipinski definition) is 3. The molecule has 1 fully saturated rings. The van der Waals surface area contributed by atoms with Gasteiger partial charge in [0.05, 0.1) is 18.3 Å². The second-order valence-electron chi connectivity index (χ2n) is 4.77. The summed E-state index contributed by atoms with van der Waals surface area (Å²) in [6.07, 6.45) is 5.68. The molecule has 0 saturated carbocycles. The van der Waals surface area contributed by atoms with Gasteiger partial charge in [-0.05, 0) is 32.7 Å². The number of hydrogen-bond donors (Lipinski definition) is 1. The fourth-order valence-corrected chi connectivity index (χ4v) is 2.21. The zero-order valence-corrected chi connectivity index (χ0v) is 10.9. The van der Waals surface area contributed by atoms with Gasteiger partial charge in [-0.2, -0.15) is 5.10 Å². The highest BCUT2D eigenvalue weighted by Gasteiger charge is 2.17. The van der Waals surface area contributed by atoms with E-state index in [9.17, 15) is 0 Å². The summed E-state index contributed by atoms with van der Waals surface area (Å²) in [5, 5.41) is 8.03. The minimum Gasteiger partial charge on any atom is -0.379 e. The lowest BCUT2D eigenvalue weighted by Gasteiger charge is -2.22. The van der Waals surface area contributed by atoms with Gasteiger partial charge in [-0.1, -0.05) is 6.92 Å². The summed E-state index contributed by atoms with van der Waals surface area (Å²) >= 11 is 0. The predicted octanol–water partition coefficient (Wildman–Crippen LogP) is 2.04. The van der Waals surface area contributed by atoms with Crippen molar-refractivity contribution in [2.75, 3.05) is 19.8 Å². The van der Waals surface area contributed by atoms with E-state index in [1.165, 1.54) is 18.4 Å². The highest BCUT2D eigenvalue weighted by molar-refractivity contribution is 5.15. The van der Waals surface area contributed by atoms with E-state index in [0.29, 0.717) is 6.04 Å². The molecule has 1 N–H and O–H groups in total. The molecule has 0 aliphatic carbocycles. The van der Waals surface area contributed by atoms with E-state index in [4.69, 9.17) is 4.74 Å². The van der Waals surface area contributed by atoms with Crippen molar-refractivity contribution < 1.29 is 4.74 Å². The minimum absolute atomic E-state index is 0.433. The third kappa shape index (κ3) is 3.30. The van der Waals surface area contributed by atoms with E-state index in [2.05, 4.69) is 35.1 Å². The van der Waals surface area contributed by atoms with E-state index < -0.39 is 0 Å². The second-order valence-corrected chi connectivity index (χ2v) is 4.77. The fourth-order valence-electron chi connectivity index (χ4n) is 2.21. The fraction of sp³-hybridized carbons (Fsp3) is 0.769. The summed E-state index contributed by atoms with van der Waals surface area (Å²) in [4.78, 5) is 0. The molecule has 1 aromatic rings. The number of aromatic nitrogens is 2. The molecule has 1 aliphatic rings. The lowest BCUT2D eigenvalue weighted by Crippen LogP contribution is -2.21. The van der Waals surface area contributed by atoms with Crippen LogP contribution in [-0.4, -0.2) is 29.5 Å². The first kappa shape index (κ1) is 12.6. The van der Waals surface area contributed by atoms with Gasteiger partial charge in [0, 0.05) is 24.9 Å². The van der Waals surface area contributed by atoms with Gasteiger partial charge in [0.15, 0.2) is 0 Å². The zero-order valence-electron chi connectivity index (χ0n) is 10.9. The van der Waals surface area contributed by atoms with Crippen molar-refractivity contribution in [1.82, 2.24) is 15.1 Å². The van der Waals surface area contributed by atoms with Gasteiger partial charge in [0.1, 0.15) is 0 Å². The van der Waals surface area contributed by atoms with E-state index in [1.54, 1.807) is 0 Å². The SMILES string of the molecule is CCCNCc1cn(C2CCCOC2)nc1C. The molecular formula is C13H23N3O. The van der Waals surface area contributed by atoms with Crippen LogP contribution in [0.1, 0.15) is 43.5 Å². The van der Waals surface area contributed by atoms with Crippen molar-refractivity contribution in [3.05, 3.63) is 17.5 Å². The standard InChI is InChI=1S/C13H23N3O/c1-3-6-14-8-12-9-16(15-11(12)2)13-5-4-7-17-10-13/h9,13-14H,3-8,10H2,1-2H3. The molecule has 4 heteroatoms. The van der Waals surface area contributed by atoms with Crippen LogP contribution < -0.4 is 5.32 Å². The molecule has 0 bridgehead atoms. The van der Waals surface area contributed by atoms with Crippen LogP contribution in [0, 0.1) is 6.92 Å². The number of nitrogens with one attached hydrogen (secondary N) is 1. The van der Waals surface area contributed by atoms with Gasteiger partial charge in [0.2, 0.25) is 0 Å². The van der Waals surface area contributed by atoms with Gasteiger partial charge in [-0.3, -0.25) is 4.68 Å². The highest BCUT2D eigenvalue weighted by atomic mass is 16.5. The smallest absolute Gasteiger partial charge is 0.0753 e. The van der Waals surface area contributed by atoms with E-state index in [0.717, 1.165) is 38.4 Å². The molecule has 1 saturated heterocycles. The first-order valence-corrected chi connectivity index (χ1v) is 6.64. The first-order valence-electron chi connectivity index (χ1n) is 6.64. The molecule has 1 unspecified atom stereocenters. The zero-order chi connectivity index (χ0) is 12.1. The Labute approximate surface area is 103 Å². The van der Waals surface area contributed by atoms with E-state index in [-0.39, 0.29) is 0 Å². The van der Waals surface area contributed by atoms with Crippen molar-refractivity contribution in [3.8, 4) is 0 Å². The maximum absolute atomic E-state index is 5.51. The predicted molar refractivity (Wildman–Crippen MR) is 68.1 cm³/mol. The normalized spacial score (nSPS) is 20.7. The Morgan fingerprint density at radius 2 is 2.47 bits per heavy atom. The molecule has 1 aliphatic heterocycles. The summed E-state index contributed by atoms with van der Waals surface area (Å²) in [5.41, 5.74) is 2.45. The van der Waals surface area contributed by atoms with Crippen LogP contribution in [0.25, 0.3) is 0 Å². The molecule has 2 rings (SSSR count). The Balaban J connectivity index is 1.96. The summed E-state index contributed by atoms with van der Waals surface area (Å²) in [5.74, 6) is 0. The van der Waals surface area contributed by atoms with Crippen LogP contribution in [0.2, 0.25) is 0 Å². The molecular weight excluding hydrogens is 214 g/mol. The third-order valence-electron chi connectivity index (χ3n) is 3.27. The Hall–Kier alpha value is -0.870. The monoisotopic (exact) mass is 237 g/mol. The minimum atomic E-state index is 0.433. The van der Waals surface area contributed by atoms with Crippen LogP contribution in [0.15, 0.2) is 6.20 Å². The van der Waals surface area contributed by atoms with E-state index in [1.807, 2.05) is 0 Å². The molecule has 96 valence electrons. The van der Waals surface area contributed by atoms with Crippen molar-refractivity contribution in [2.45, 2.75) is 45.7 Å². The topological polar surface area (TPSA) is 39.1 Å². The van der Waals surface area contributed by atoms with Gasteiger partial charge < -0.3 is 10.1 Å². The van der Waals surface area contributed by atoms with Crippen LogP contribution >= 0.6 is 0 Å². The Bertz CT molecular complexity index is 342. The maximum Gasteiger partial charge on any atom is 0.0753 e. The Kier molecular flexibility index (Phi) is 4.57. The number of ether oxygens (including phenoxy) is 1. The van der Waals surface area contributed by atoms with Crippen LogP contribution in [0.3, 0.4) is 0 Å². The number of aryl methyl sites for hydroxylation is 1. The number of nitrogens with zero attached hydrogens (tertiary/aromatic N) is 2. The quantitative estimate of drug-likeness (QED) is 0.797. The summed E-state index contributed by atoms with van der Waals surface area (Å²) in [6, 6.07) is 0.433. The van der Waals surface area contributed by atoms with Crippen molar-refractivity contribution in [3.63, 3.8) is 0 Å². The molecule has 1 atom stereocenters. The third-order valence-corrected chi connectivity index (χ3v) is 3.27. The van der Waals surface area contributed by atoms with Gasteiger partial charge in [-0.15, -0.1) is 0 Å². The molecule has 1 aromatic heterocycles. The van der Waals surface area contributed by atoms with Gasteiger partial charge in [-0.25, -0.2) is 0 Å². The van der Waals surface area contributed by atoms with Crippen molar-refractivity contribution in [2.24, 2.45) is 0 Å². The van der Waals surface area contributed by atoms with E-state index >= 15 is 0 Å². The molecule has 0 aromatic carbocycles. The highest BCUT2D eigenvalue weighted by Crippen LogP contribution is 2.20. The largest absolute Gasteiger partial charge is 0.379 e. The molecule has 17 heavy (non-hydrogen) atoms. The van der Waals surface area contributed by atoms with Crippen LogP contribution in [-0.2, 0) is 11.3 Å². The second kappa shape index (κ2) is 6.17. The van der Waals surface area contributed by atoms with Crippen molar-refractivity contribution >= 4 is 0 Å². The molecule has 0 spiro atoms. The number of rotatable bonds is 5. The summed E-state index contributed by atoms with van der Waals surface area (Å²) in [6.45, 7) is 7.97. The van der Waals surface area contributed by atoms with Gasteiger partial charge >= 0.3 is 0 Å². The summed E-state index contributed by atoms with van der Waals surface area (Å²) in [7, 11) is 0. The lowest BCUT2D eigenvalue weighted by molar-refractivity contribution is 0.0548. The Morgan fingerprint density at radius 1 is 1.59 bits per heavy atom. The Morgan fingerprint density at radius 3 is 3.18 bits per heavy atom. The van der Waals surface area contributed by atoms with Gasteiger partial charge in [0.25, 0.3) is 0 Å². The van der Waals surface area contributed by atoms with Crippen LogP contribution in [0.5, 0.6) is 0 Å². The molecule has 0 amide bonds. The lowest BCUT2D eigenvalue weighted by atomic mass is 10.1.